The lowest BCUT2D eigenvalue weighted by molar-refractivity contribution is -0.184. The highest BCUT2D eigenvalue weighted by molar-refractivity contribution is 6.03. The van der Waals surface area contributed by atoms with Gasteiger partial charge in [0.05, 0.1) is 19.1 Å². The first-order valence-corrected chi connectivity index (χ1v) is 5.38. The van der Waals surface area contributed by atoms with Crippen molar-refractivity contribution in [3.05, 3.63) is 34.9 Å². The summed E-state index contributed by atoms with van der Waals surface area (Å²) in [7, 11) is 0. The third-order valence-corrected chi connectivity index (χ3v) is 3.38. The summed E-state index contributed by atoms with van der Waals surface area (Å²) in [5, 5.41) is 0. The Morgan fingerprint density at radius 2 is 1.82 bits per heavy atom. The molecule has 1 aliphatic heterocycles. The van der Waals surface area contributed by atoms with Gasteiger partial charge in [-0.15, -0.1) is 0 Å². The Labute approximate surface area is 96.3 Å². The SMILES string of the molecule is CC1C(=O)c2cc(F)c(F)cc2C12OCCO2. The summed E-state index contributed by atoms with van der Waals surface area (Å²) in [5.41, 5.74) is 0.449. The smallest absolute Gasteiger partial charge is 0.205 e. The van der Waals surface area contributed by atoms with Crippen molar-refractivity contribution >= 4 is 5.78 Å². The minimum Gasteiger partial charge on any atom is -0.343 e. The summed E-state index contributed by atoms with van der Waals surface area (Å²) in [6, 6.07) is 1.92. The Morgan fingerprint density at radius 3 is 2.47 bits per heavy atom. The number of halogens is 2. The summed E-state index contributed by atoms with van der Waals surface area (Å²) < 4.78 is 37.4. The van der Waals surface area contributed by atoms with Crippen molar-refractivity contribution in [1.82, 2.24) is 0 Å². The standard InChI is InChI=1S/C12H10F2O3/c1-6-11(15)7-4-9(13)10(14)5-8(7)12(6)16-2-3-17-12/h4-6H,2-3H2,1H3. The molecule has 1 aromatic carbocycles. The van der Waals surface area contributed by atoms with Crippen LogP contribution in [0.3, 0.4) is 0 Å². The van der Waals surface area contributed by atoms with Crippen LogP contribution in [0, 0.1) is 17.6 Å². The number of benzene rings is 1. The topological polar surface area (TPSA) is 35.5 Å². The Bertz CT molecular complexity index is 507. The minimum atomic E-state index is -1.22. The van der Waals surface area contributed by atoms with Crippen LogP contribution in [0.1, 0.15) is 22.8 Å². The van der Waals surface area contributed by atoms with Gasteiger partial charge in [-0.1, -0.05) is 0 Å². The van der Waals surface area contributed by atoms with E-state index in [0.29, 0.717) is 18.8 Å². The molecule has 1 unspecified atom stereocenters. The Morgan fingerprint density at radius 1 is 1.24 bits per heavy atom. The third-order valence-electron chi connectivity index (χ3n) is 3.38. The van der Waals surface area contributed by atoms with Crippen molar-refractivity contribution in [3.63, 3.8) is 0 Å². The van der Waals surface area contributed by atoms with Gasteiger partial charge >= 0.3 is 0 Å². The van der Waals surface area contributed by atoms with Gasteiger partial charge in [0.2, 0.25) is 5.79 Å². The van der Waals surface area contributed by atoms with E-state index in [1.165, 1.54) is 0 Å². The molecule has 0 saturated carbocycles. The van der Waals surface area contributed by atoms with E-state index in [1.54, 1.807) is 6.92 Å². The van der Waals surface area contributed by atoms with Gasteiger partial charge in [-0.05, 0) is 19.1 Å². The van der Waals surface area contributed by atoms with Crippen LogP contribution in [-0.2, 0) is 15.3 Å². The molecule has 3 nitrogen and oxygen atoms in total. The molecule has 1 heterocycles. The molecule has 1 spiro atoms. The normalized spacial score (nSPS) is 25.6. The minimum absolute atomic E-state index is 0.151. The van der Waals surface area contributed by atoms with Gasteiger partial charge in [0.25, 0.3) is 0 Å². The van der Waals surface area contributed by atoms with Gasteiger partial charge in [0.1, 0.15) is 0 Å². The molecule has 90 valence electrons. The second kappa shape index (κ2) is 3.34. The van der Waals surface area contributed by atoms with E-state index in [4.69, 9.17) is 9.47 Å². The Balaban J connectivity index is 2.25. The molecule has 1 atom stereocenters. The largest absolute Gasteiger partial charge is 0.343 e. The molecule has 0 bridgehead atoms. The van der Waals surface area contributed by atoms with E-state index in [1.807, 2.05) is 0 Å². The predicted octanol–water partition coefficient (Wildman–Crippen LogP) is 2.00. The highest BCUT2D eigenvalue weighted by Gasteiger charge is 2.54. The van der Waals surface area contributed by atoms with Crippen LogP contribution >= 0.6 is 0 Å². The fraction of sp³-hybridized carbons (Fsp3) is 0.417. The lowest BCUT2D eigenvalue weighted by atomic mass is 10.0. The predicted molar refractivity (Wildman–Crippen MR) is 53.4 cm³/mol. The molecular weight excluding hydrogens is 230 g/mol. The van der Waals surface area contributed by atoms with Gasteiger partial charge in [0.15, 0.2) is 17.4 Å². The third kappa shape index (κ3) is 1.23. The second-order valence-electron chi connectivity index (χ2n) is 4.26. The van der Waals surface area contributed by atoms with Crippen LogP contribution in [0.4, 0.5) is 8.78 Å². The van der Waals surface area contributed by atoms with Crippen molar-refractivity contribution < 1.29 is 23.0 Å². The molecule has 1 aliphatic carbocycles. The summed E-state index contributed by atoms with van der Waals surface area (Å²) in [4.78, 5) is 12.0. The number of ketones is 1. The fourth-order valence-electron chi connectivity index (χ4n) is 2.51. The van der Waals surface area contributed by atoms with Gasteiger partial charge in [-0.3, -0.25) is 4.79 Å². The molecular formula is C12H10F2O3. The summed E-state index contributed by atoms with van der Waals surface area (Å²) in [5.74, 6) is -4.11. The second-order valence-corrected chi connectivity index (χ2v) is 4.26. The number of Topliss-reactive ketones (excluding diaryl/α,β-unsaturated/α-hetero) is 1. The zero-order valence-corrected chi connectivity index (χ0v) is 9.13. The molecule has 0 aromatic heterocycles. The summed E-state index contributed by atoms with van der Waals surface area (Å²) >= 11 is 0. The monoisotopic (exact) mass is 240 g/mol. The maximum Gasteiger partial charge on any atom is 0.205 e. The first-order valence-electron chi connectivity index (χ1n) is 5.38. The fourth-order valence-corrected chi connectivity index (χ4v) is 2.51. The van der Waals surface area contributed by atoms with E-state index >= 15 is 0 Å². The number of hydrogen-bond acceptors (Lipinski definition) is 3. The van der Waals surface area contributed by atoms with Crippen LogP contribution < -0.4 is 0 Å². The summed E-state index contributed by atoms with van der Waals surface area (Å²) in [6.45, 7) is 2.33. The van der Waals surface area contributed by atoms with E-state index in [9.17, 15) is 13.6 Å². The molecule has 3 rings (SSSR count). The average Bonchev–Trinajstić information content (AvgIpc) is 2.86. The Kier molecular flexibility index (Phi) is 2.12. The number of fused-ring (bicyclic) bond motifs is 2. The lowest BCUT2D eigenvalue weighted by Crippen LogP contribution is -2.32. The van der Waals surface area contributed by atoms with E-state index in [2.05, 4.69) is 0 Å². The van der Waals surface area contributed by atoms with Crippen molar-refractivity contribution in [3.8, 4) is 0 Å². The molecule has 0 N–H and O–H groups in total. The van der Waals surface area contributed by atoms with Crippen LogP contribution in [0.2, 0.25) is 0 Å². The number of rotatable bonds is 0. The molecule has 0 amide bonds. The quantitative estimate of drug-likeness (QED) is 0.695. The van der Waals surface area contributed by atoms with Crippen molar-refractivity contribution in [2.75, 3.05) is 13.2 Å². The zero-order chi connectivity index (χ0) is 12.2. The number of ether oxygens (including phenoxy) is 2. The average molecular weight is 240 g/mol. The molecule has 2 aliphatic rings. The van der Waals surface area contributed by atoms with Crippen molar-refractivity contribution in [1.29, 1.82) is 0 Å². The first-order chi connectivity index (χ1) is 8.06. The van der Waals surface area contributed by atoms with Gasteiger partial charge < -0.3 is 9.47 Å². The zero-order valence-electron chi connectivity index (χ0n) is 9.13. The highest BCUT2D eigenvalue weighted by Crippen LogP contribution is 2.47. The maximum absolute atomic E-state index is 13.3. The van der Waals surface area contributed by atoms with Crippen LogP contribution in [0.25, 0.3) is 0 Å². The lowest BCUT2D eigenvalue weighted by Gasteiger charge is -2.26. The Hall–Kier alpha value is -1.33. The highest BCUT2D eigenvalue weighted by atomic mass is 19.2. The number of hydrogen-bond donors (Lipinski definition) is 0. The van der Waals surface area contributed by atoms with E-state index < -0.39 is 23.3 Å². The molecule has 1 saturated heterocycles. The van der Waals surface area contributed by atoms with Crippen LogP contribution in [0.5, 0.6) is 0 Å². The summed E-state index contributed by atoms with van der Waals surface area (Å²) in [6.07, 6.45) is 0. The van der Waals surface area contributed by atoms with Gasteiger partial charge in [0, 0.05) is 11.1 Å². The van der Waals surface area contributed by atoms with Crippen LogP contribution in [-0.4, -0.2) is 19.0 Å². The molecule has 17 heavy (non-hydrogen) atoms. The molecule has 1 fully saturated rings. The van der Waals surface area contributed by atoms with Gasteiger partial charge in [-0.2, -0.15) is 0 Å². The first kappa shape index (κ1) is 10.8. The van der Waals surface area contributed by atoms with Crippen molar-refractivity contribution in [2.24, 2.45) is 5.92 Å². The van der Waals surface area contributed by atoms with Crippen LogP contribution in [0.15, 0.2) is 12.1 Å². The van der Waals surface area contributed by atoms with E-state index in [-0.39, 0.29) is 11.3 Å². The van der Waals surface area contributed by atoms with E-state index in [0.717, 1.165) is 12.1 Å². The van der Waals surface area contributed by atoms with Gasteiger partial charge in [-0.25, -0.2) is 8.78 Å². The number of carbonyl (C=O) groups excluding carboxylic acids is 1. The van der Waals surface area contributed by atoms with Crippen molar-refractivity contribution in [2.45, 2.75) is 12.7 Å². The number of carbonyl (C=O) groups is 1. The molecule has 5 heteroatoms. The molecule has 1 aromatic rings. The molecule has 0 radical (unpaired) electrons. The maximum atomic E-state index is 13.3.